The average molecular weight is 369 g/mol. The fourth-order valence-electron chi connectivity index (χ4n) is 5.47. The van der Waals surface area contributed by atoms with Crippen LogP contribution in [-0.2, 0) is 0 Å². The van der Waals surface area contributed by atoms with E-state index < -0.39 is 0 Å². The maximum absolute atomic E-state index is 6.86. The van der Waals surface area contributed by atoms with E-state index >= 15 is 0 Å². The summed E-state index contributed by atoms with van der Waals surface area (Å²) in [6.45, 7) is 8.47. The predicted octanol–water partition coefficient (Wildman–Crippen LogP) is 4.05. The van der Waals surface area contributed by atoms with Crippen LogP contribution in [0, 0.1) is 10.8 Å². The van der Waals surface area contributed by atoms with Crippen LogP contribution in [0.1, 0.15) is 104 Å². The van der Waals surface area contributed by atoms with Gasteiger partial charge in [-0.2, -0.15) is 0 Å². The molecule has 4 nitrogen and oxygen atoms in total. The van der Waals surface area contributed by atoms with Gasteiger partial charge in [0, 0.05) is 11.6 Å². The SMILES string of the molecule is CC1(C)CC(C)(CN)CC(N)(C(N)CCCCCCCCCCCN)C1. The molecule has 26 heavy (non-hydrogen) atoms. The lowest BCUT2D eigenvalue weighted by Crippen LogP contribution is -2.63. The van der Waals surface area contributed by atoms with Gasteiger partial charge >= 0.3 is 0 Å². The van der Waals surface area contributed by atoms with Crippen molar-refractivity contribution in [3.8, 4) is 0 Å². The molecule has 0 saturated heterocycles. The molecule has 1 aliphatic carbocycles. The summed E-state index contributed by atoms with van der Waals surface area (Å²) in [5.74, 6) is 0. The van der Waals surface area contributed by atoms with E-state index in [1.807, 2.05) is 0 Å². The lowest BCUT2D eigenvalue weighted by Gasteiger charge is -2.53. The van der Waals surface area contributed by atoms with Gasteiger partial charge in [-0.1, -0.05) is 72.1 Å². The predicted molar refractivity (Wildman–Crippen MR) is 115 cm³/mol. The van der Waals surface area contributed by atoms with Crippen molar-refractivity contribution < 1.29 is 0 Å². The number of hydrogen-bond acceptors (Lipinski definition) is 4. The Bertz CT molecular complexity index is 384. The first-order valence-electron chi connectivity index (χ1n) is 11.1. The van der Waals surface area contributed by atoms with Gasteiger partial charge < -0.3 is 22.9 Å². The highest BCUT2D eigenvalue weighted by molar-refractivity contribution is 5.07. The standard InChI is InChI=1S/C22H48N4/c1-20(2)15-21(3,18-24)17-22(26,16-20)19(25)13-11-9-7-5-4-6-8-10-12-14-23/h19H,4-18,23-26H2,1-3H3. The fraction of sp³-hybridized carbons (Fsp3) is 1.00. The van der Waals surface area contributed by atoms with Gasteiger partial charge in [-0.05, 0) is 56.0 Å². The third-order valence-corrected chi connectivity index (χ3v) is 6.42. The van der Waals surface area contributed by atoms with Crippen LogP contribution < -0.4 is 22.9 Å². The third-order valence-electron chi connectivity index (χ3n) is 6.42. The Balaban J connectivity index is 2.26. The minimum atomic E-state index is -0.265. The summed E-state index contributed by atoms with van der Waals surface area (Å²) in [5, 5.41) is 0. The molecule has 0 amide bonds. The van der Waals surface area contributed by atoms with Gasteiger partial charge in [0.2, 0.25) is 0 Å². The van der Waals surface area contributed by atoms with Crippen LogP contribution in [-0.4, -0.2) is 24.7 Å². The maximum Gasteiger partial charge on any atom is 0.0318 e. The first-order valence-corrected chi connectivity index (χ1v) is 11.1. The topological polar surface area (TPSA) is 104 Å². The van der Waals surface area contributed by atoms with E-state index in [4.69, 9.17) is 22.9 Å². The second kappa shape index (κ2) is 11.0. The summed E-state index contributed by atoms with van der Waals surface area (Å²) in [6.07, 6.45) is 15.9. The molecular weight excluding hydrogens is 320 g/mol. The van der Waals surface area contributed by atoms with Crippen LogP contribution in [0.15, 0.2) is 0 Å². The van der Waals surface area contributed by atoms with E-state index in [9.17, 15) is 0 Å². The van der Waals surface area contributed by atoms with Crippen molar-refractivity contribution >= 4 is 0 Å². The smallest absolute Gasteiger partial charge is 0.0318 e. The van der Waals surface area contributed by atoms with Gasteiger partial charge in [0.15, 0.2) is 0 Å². The molecule has 0 radical (unpaired) electrons. The lowest BCUT2D eigenvalue weighted by atomic mass is 9.56. The first-order chi connectivity index (χ1) is 12.2. The minimum absolute atomic E-state index is 0.0872. The van der Waals surface area contributed by atoms with Crippen molar-refractivity contribution in [1.82, 2.24) is 0 Å². The summed E-state index contributed by atoms with van der Waals surface area (Å²) in [7, 11) is 0. The van der Waals surface area contributed by atoms with Crippen LogP contribution in [0.2, 0.25) is 0 Å². The zero-order chi connectivity index (χ0) is 19.7. The van der Waals surface area contributed by atoms with E-state index in [2.05, 4.69) is 20.8 Å². The molecule has 0 aromatic carbocycles. The highest BCUT2D eigenvalue weighted by atomic mass is 14.9. The molecule has 0 heterocycles. The highest BCUT2D eigenvalue weighted by Crippen LogP contribution is 2.50. The molecule has 8 N–H and O–H groups in total. The van der Waals surface area contributed by atoms with Gasteiger partial charge in [0.1, 0.15) is 0 Å². The molecule has 1 saturated carbocycles. The van der Waals surface area contributed by atoms with Crippen LogP contribution >= 0.6 is 0 Å². The molecule has 1 rings (SSSR count). The fourth-order valence-corrected chi connectivity index (χ4v) is 5.47. The van der Waals surface area contributed by atoms with Crippen molar-refractivity contribution in [1.29, 1.82) is 0 Å². The third kappa shape index (κ3) is 8.24. The molecule has 0 bridgehead atoms. The van der Waals surface area contributed by atoms with E-state index in [-0.39, 0.29) is 22.4 Å². The van der Waals surface area contributed by atoms with Crippen molar-refractivity contribution in [3.63, 3.8) is 0 Å². The van der Waals surface area contributed by atoms with E-state index in [1.54, 1.807) is 0 Å². The normalized spacial score (nSPS) is 29.7. The Morgan fingerprint density at radius 1 is 0.731 bits per heavy atom. The highest BCUT2D eigenvalue weighted by Gasteiger charge is 2.49. The van der Waals surface area contributed by atoms with E-state index in [1.165, 1.54) is 57.8 Å². The molecule has 156 valence electrons. The van der Waals surface area contributed by atoms with Crippen molar-refractivity contribution in [2.24, 2.45) is 33.8 Å². The zero-order valence-corrected chi connectivity index (χ0v) is 18.0. The Kier molecular flexibility index (Phi) is 10.1. The molecule has 4 heteroatoms. The van der Waals surface area contributed by atoms with Crippen molar-refractivity contribution in [3.05, 3.63) is 0 Å². The first kappa shape index (κ1) is 23.9. The molecule has 3 unspecified atom stereocenters. The van der Waals surface area contributed by atoms with Crippen LogP contribution in [0.4, 0.5) is 0 Å². The Hall–Kier alpha value is -0.160. The lowest BCUT2D eigenvalue weighted by molar-refractivity contribution is 0.0278. The van der Waals surface area contributed by atoms with Gasteiger partial charge in [-0.15, -0.1) is 0 Å². The minimum Gasteiger partial charge on any atom is -0.330 e. The second-order valence-corrected chi connectivity index (χ2v) is 10.3. The molecule has 0 aromatic heterocycles. The number of nitrogens with two attached hydrogens (primary N) is 4. The summed E-state index contributed by atoms with van der Waals surface area (Å²) in [6, 6.07) is 0.0872. The number of rotatable bonds is 13. The number of unbranched alkanes of at least 4 members (excludes halogenated alkanes) is 8. The zero-order valence-electron chi connectivity index (χ0n) is 18.0. The monoisotopic (exact) mass is 368 g/mol. The quantitative estimate of drug-likeness (QED) is 0.368. The largest absolute Gasteiger partial charge is 0.330 e. The van der Waals surface area contributed by atoms with Gasteiger partial charge in [0.25, 0.3) is 0 Å². The number of hydrogen-bond donors (Lipinski definition) is 4. The Labute approximate surface area is 163 Å². The maximum atomic E-state index is 6.86. The van der Waals surface area contributed by atoms with Crippen LogP contribution in [0.25, 0.3) is 0 Å². The summed E-state index contributed by atoms with van der Waals surface area (Å²) in [4.78, 5) is 0. The van der Waals surface area contributed by atoms with Crippen molar-refractivity contribution in [2.75, 3.05) is 13.1 Å². The van der Waals surface area contributed by atoms with Crippen LogP contribution in [0.5, 0.6) is 0 Å². The van der Waals surface area contributed by atoms with Gasteiger partial charge in [-0.3, -0.25) is 0 Å². The Morgan fingerprint density at radius 2 is 1.23 bits per heavy atom. The summed E-state index contributed by atoms with van der Waals surface area (Å²) in [5.41, 5.74) is 25.2. The Morgan fingerprint density at radius 3 is 1.73 bits per heavy atom. The molecule has 1 fully saturated rings. The summed E-state index contributed by atoms with van der Waals surface area (Å²) < 4.78 is 0. The van der Waals surface area contributed by atoms with Crippen molar-refractivity contribution in [2.45, 2.75) is 116 Å². The average Bonchev–Trinajstić information content (AvgIpc) is 2.54. The molecule has 0 spiro atoms. The van der Waals surface area contributed by atoms with Crippen LogP contribution in [0.3, 0.4) is 0 Å². The molecule has 0 aromatic rings. The summed E-state index contributed by atoms with van der Waals surface area (Å²) >= 11 is 0. The molecular formula is C22H48N4. The van der Waals surface area contributed by atoms with Gasteiger partial charge in [0.05, 0.1) is 0 Å². The molecule has 0 aliphatic heterocycles. The molecule has 3 atom stereocenters. The van der Waals surface area contributed by atoms with E-state index in [0.29, 0.717) is 6.54 Å². The molecule has 1 aliphatic rings. The van der Waals surface area contributed by atoms with E-state index in [0.717, 1.165) is 32.2 Å². The second-order valence-electron chi connectivity index (χ2n) is 10.3. The van der Waals surface area contributed by atoms with Gasteiger partial charge in [-0.25, -0.2) is 0 Å².